The van der Waals surface area contributed by atoms with Gasteiger partial charge in [0.15, 0.2) is 0 Å². The first-order valence-corrected chi connectivity index (χ1v) is 12.0. The highest BCUT2D eigenvalue weighted by molar-refractivity contribution is 6.31. The molecule has 8 nitrogen and oxygen atoms in total. The maximum Gasteiger partial charge on any atom is 0.248 e. The van der Waals surface area contributed by atoms with Crippen molar-refractivity contribution in [3.63, 3.8) is 0 Å². The van der Waals surface area contributed by atoms with Crippen molar-refractivity contribution in [2.24, 2.45) is 11.3 Å². The van der Waals surface area contributed by atoms with Crippen LogP contribution in [-0.4, -0.2) is 61.2 Å². The quantitative estimate of drug-likeness (QED) is 0.405. The average molecular weight is 512 g/mol. The Labute approximate surface area is 213 Å². The molecule has 1 aliphatic carbocycles. The van der Waals surface area contributed by atoms with Crippen molar-refractivity contribution in [3.05, 3.63) is 59.7 Å². The molecule has 2 fully saturated rings. The van der Waals surface area contributed by atoms with Crippen LogP contribution >= 0.6 is 11.6 Å². The molecule has 0 spiro atoms. The molecule has 2 aliphatic rings. The number of rotatable bonds is 9. The van der Waals surface area contributed by atoms with E-state index in [2.05, 4.69) is 20.6 Å². The number of halogens is 2. The van der Waals surface area contributed by atoms with Gasteiger partial charge in [-0.25, -0.2) is 14.4 Å². The lowest BCUT2D eigenvalue weighted by Crippen LogP contribution is -2.18. The number of nitrogens with one attached hydrogen (secondary N) is 2. The molecule has 2 atom stereocenters. The molecule has 2 N–H and O–H groups in total. The Balaban J connectivity index is 1.45. The minimum Gasteiger partial charge on any atom is -0.491 e. The fourth-order valence-corrected chi connectivity index (χ4v) is 4.53. The van der Waals surface area contributed by atoms with Crippen molar-refractivity contribution in [3.8, 4) is 5.75 Å². The Morgan fingerprint density at radius 1 is 1.33 bits per heavy atom. The maximum atomic E-state index is 13.6. The van der Waals surface area contributed by atoms with Gasteiger partial charge in [-0.3, -0.25) is 4.79 Å². The summed E-state index contributed by atoms with van der Waals surface area (Å²) in [6.07, 6.45) is 5.80. The summed E-state index contributed by atoms with van der Waals surface area (Å²) in [5.74, 6) is 0.764. The number of hydrogen-bond acceptors (Lipinski definition) is 7. The lowest BCUT2D eigenvalue weighted by molar-refractivity contribution is -0.111. The predicted octanol–water partition coefficient (Wildman–Crippen LogP) is 4.64. The molecule has 1 saturated heterocycles. The number of aromatic nitrogens is 2. The zero-order valence-electron chi connectivity index (χ0n) is 20.1. The smallest absolute Gasteiger partial charge is 0.248 e. The topological polar surface area (TPSA) is 88.6 Å². The molecule has 1 aromatic heterocycles. The van der Waals surface area contributed by atoms with Crippen LogP contribution in [0, 0.1) is 17.2 Å². The summed E-state index contributed by atoms with van der Waals surface area (Å²) < 4.78 is 25.4. The van der Waals surface area contributed by atoms with Crippen LogP contribution < -0.4 is 15.4 Å². The standard InChI is InChI=1S/C26H27ClFN5O3/c1-33(2)7-3-4-24(34)32-22-9-18-21(10-23(22)36-14-26-11-16(26)12-35-13-26)29-15-30-25(18)31-17-5-6-20(28)19(27)8-17/h3-6,8-10,15-16H,7,11-14H2,1-2H3,(H,32,34)(H,29,30,31)/b4-3+/t16?,26-/m0/s1. The highest BCUT2D eigenvalue weighted by atomic mass is 35.5. The lowest BCUT2D eigenvalue weighted by atomic mass is 10.1. The zero-order chi connectivity index (χ0) is 25.3. The van der Waals surface area contributed by atoms with Gasteiger partial charge in [0, 0.05) is 35.2 Å². The van der Waals surface area contributed by atoms with Gasteiger partial charge in [-0.2, -0.15) is 0 Å². The number of amides is 1. The van der Waals surface area contributed by atoms with Gasteiger partial charge < -0.3 is 25.0 Å². The molecule has 10 heteroatoms. The van der Waals surface area contributed by atoms with Crippen molar-refractivity contribution in [2.45, 2.75) is 6.42 Å². The molecule has 36 heavy (non-hydrogen) atoms. The molecule has 5 rings (SSSR count). The second kappa shape index (κ2) is 10.0. The van der Waals surface area contributed by atoms with Gasteiger partial charge in [0.2, 0.25) is 5.91 Å². The van der Waals surface area contributed by atoms with E-state index in [1.165, 1.54) is 24.5 Å². The summed E-state index contributed by atoms with van der Waals surface area (Å²) in [5.41, 5.74) is 1.76. The number of likely N-dealkylation sites (N-methyl/N-ethyl adjacent to an activating group) is 1. The first kappa shape index (κ1) is 24.4. The van der Waals surface area contributed by atoms with Gasteiger partial charge in [-0.1, -0.05) is 17.7 Å². The number of benzene rings is 2. The van der Waals surface area contributed by atoms with Gasteiger partial charge >= 0.3 is 0 Å². The van der Waals surface area contributed by atoms with Crippen LogP contribution in [-0.2, 0) is 9.53 Å². The van der Waals surface area contributed by atoms with E-state index in [0.29, 0.717) is 59.5 Å². The number of carbonyl (C=O) groups excluding carboxylic acids is 1. The lowest BCUT2D eigenvalue weighted by Gasteiger charge is -2.17. The highest BCUT2D eigenvalue weighted by Gasteiger charge is 2.59. The van der Waals surface area contributed by atoms with Gasteiger partial charge in [0.05, 0.1) is 36.0 Å². The Hall–Kier alpha value is -3.27. The Morgan fingerprint density at radius 3 is 2.92 bits per heavy atom. The second-order valence-electron chi connectivity index (χ2n) is 9.56. The number of ether oxygens (including phenoxy) is 2. The SMILES string of the molecule is CN(C)C/C=C/C(=O)Nc1cc2c(Nc3ccc(F)c(Cl)c3)ncnc2cc1OC[C@]12COCC1C2. The van der Waals surface area contributed by atoms with Crippen LogP contribution in [0.2, 0.25) is 5.02 Å². The molecule has 3 aromatic rings. The highest BCUT2D eigenvalue weighted by Crippen LogP contribution is 2.57. The Bertz CT molecular complexity index is 1330. The third-order valence-electron chi connectivity index (χ3n) is 6.50. The average Bonchev–Trinajstić information content (AvgIpc) is 3.38. The molecule has 1 aliphatic heterocycles. The van der Waals surface area contributed by atoms with Crippen LogP contribution in [0.3, 0.4) is 0 Å². The first-order valence-electron chi connectivity index (χ1n) is 11.7. The number of carbonyl (C=O) groups is 1. The monoisotopic (exact) mass is 511 g/mol. The van der Waals surface area contributed by atoms with E-state index in [1.807, 2.05) is 19.0 Å². The van der Waals surface area contributed by atoms with Crippen molar-refractivity contribution < 1.29 is 18.7 Å². The normalized spacial score (nSPS) is 20.6. The van der Waals surface area contributed by atoms with Crippen molar-refractivity contribution in [2.75, 3.05) is 51.1 Å². The third-order valence-corrected chi connectivity index (χ3v) is 6.79. The van der Waals surface area contributed by atoms with Crippen molar-refractivity contribution in [1.29, 1.82) is 0 Å². The van der Waals surface area contributed by atoms with E-state index in [-0.39, 0.29) is 16.3 Å². The fourth-order valence-electron chi connectivity index (χ4n) is 4.34. The van der Waals surface area contributed by atoms with Crippen LogP contribution in [0.15, 0.2) is 48.8 Å². The number of fused-ring (bicyclic) bond motifs is 2. The first-order chi connectivity index (χ1) is 17.3. The van der Waals surface area contributed by atoms with E-state index in [1.54, 1.807) is 24.3 Å². The summed E-state index contributed by atoms with van der Waals surface area (Å²) in [7, 11) is 3.86. The van der Waals surface area contributed by atoms with Crippen LogP contribution in [0.25, 0.3) is 10.9 Å². The summed E-state index contributed by atoms with van der Waals surface area (Å²) in [6, 6.07) is 7.91. The molecule has 188 valence electrons. The number of nitrogens with zero attached hydrogens (tertiary/aromatic N) is 3. The van der Waals surface area contributed by atoms with Crippen LogP contribution in [0.1, 0.15) is 6.42 Å². The zero-order valence-corrected chi connectivity index (χ0v) is 20.8. The number of hydrogen-bond donors (Lipinski definition) is 2. The molecular formula is C26H27ClFN5O3. The number of anilines is 3. The van der Waals surface area contributed by atoms with E-state index in [0.717, 1.165) is 13.0 Å². The largest absolute Gasteiger partial charge is 0.491 e. The molecule has 1 saturated carbocycles. The van der Waals surface area contributed by atoms with Gasteiger partial charge in [0.1, 0.15) is 23.7 Å². The molecule has 1 amide bonds. The molecule has 0 bridgehead atoms. The molecule has 0 radical (unpaired) electrons. The van der Waals surface area contributed by atoms with Gasteiger partial charge in [-0.05, 0) is 50.7 Å². The summed E-state index contributed by atoms with van der Waals surface area (Å²) in [6.45, 7) is 2.61. The Kier molecular flexibility index (Phi) is 6.79. The predicted molar refractivity (Wildman–Crippen MR) is 137 cm³/mol. The van der Waals surface area contributed by atoms with E-state index in [4.69, 9.17) is 21.1 Å². The third kappa shape index (κ3) is 5.28. The summed E-state index contributed by atoms with van der Waals surface area (Å²) in [4.78, 5) is 23.4. The fraction of sp³-hybridized carbons (Fsp3) is 0.346. The van der Waals surface area contributed by atoms with Crippen molar-refractivity contribution >= 4 is 45.6 Å². The molecule has 2 aromatic carbocycles. The summed E-state index contributed by atoms with van der Waals surface area (Å²) >= 11 is 5.94. The van der Waals surface area contributed by atoms with E-state index >= 15 is 0 Å². The minimum absolute atomic E-state index is 0.000147. The Morgan fingerprint density at radius 2 is 2.19 bits per heavy atom. The van der Waals surface area contributed by atoms with Gasteiger partial charge in [0.25, 0.3) is 0 Å². The molecular weight excluding hydrogens is 485 g/mol. The van der Waals surface area contributed by atoms with Crippen LogP contribution in [0.5, 0.6) is 5.75 Å². The summed E-state index contributed by atoms with van der Waals surface area (Å²) in [5, 5.41) is 6.75. The molecule has 2 heterocycles. The van der Waals surface area contributed by atoms with E-state index < -0.39 is 5.82 Å². The second-order valence-corrected chi connectivity index (χ2v) is 9.97. The van der Waals surface area contributed by atoms with Crippen molar-refractivity contribution in [1.82, 2.24) is 14.9 Å². The maximum absolute atomic E-state index is 13.6. The molecule has 1 unspecified atom stereocenters. The minimum atomic E-state index is -0.506. The van der Waals surface area contributed by atoms with E-state index in [9.17, 15) is 9.18 Å². The van der Waals surface area contributed by atoms with Crippen LogP contribution in [0.4, 0.5) is 21.6 Å². The van der Waals surface area contributed by atoms with Gasteiger partial charge in [-0.15, -0.1) is 0 Å².